The molecule has 8 heteroatoms. The van der Waals surface area contributed by atoms with E-state index in [2.05, 4.69) is 11.9 Å². The fourth-order valence-electron chi connectivity index (χ4n) is 5.28. The van der Waals surface area contributed by atoms with E-state index >= 15 is 4.39 Å². The summed E-state index contributed by atoms with van der Waals surface area (Å²) in [5.41, 5.74) is 1.98. The van der Waals surface area contributed by atoms with Crippen LogP contribution in [0.15, 0.2) is 60.7 Å². The van der Waals surface area contributed by atoms with Crippen molar-refractivity contribution in [2.24, 2.45) is 11.8 Å². The van der Waals surface area contributed by atoms with Crippen molar-refractivity contribution >= 4 is 5.91 Å². The molecule has 0 spiro atoms. The van der Waals surface area contributed by atoms with Crippen LogP contribution in [-0.4, -0.2) is 63.2 Å². The molecule has 0 N–H and O–H groups in total. The van der Waals surface area contributed by atoms with Crippen LogP contribution in [0.3, 0.4) is 0 Å². The third-order valence-electron chi connectivity index (χ3n) is 7.31. The number of amides is 1. The lowest BCUT2D eigenvalue weighted by atomic mass is 10.0. The number of hydrogen-bond acceptors (Lipinski definition) is 6. The molecular weight excluding hydrogens is 487 g/mol. The van der Waals surface area contributed by atoms with Gasteiger partial charge < -0.3 is 28.7 Å². The first-order chi connectivity index (χ1) is 18.4. The third-order valence-corrected chi connectivity index (χ3v) is 7.31. The molecule has 2 atom stereocenters. The van der Waals surface area contributed by atoms with Gasteiger partial charge in [-0.05, 0) is 66.4 Å². The second-order valence-corrected chi connectivity index (χ2v) is 10.0. The van der Waals surface area contributed by atoms with Crippen molar-refractivity contribution in [2.75, 3.05) is 47.4 Å². The predicted molar refractivity (Wildman–Crippen MR) is 141 cm³/mol. The van der Waals surface area contributed by atoms with Crippen LogP contribution in [-0.2, 0) is 13.2 Å². The maximum Gasteiger partial charge on any atom is 0.254 e. The lowest BCUT2D eigenvalue weighted by molar-refractivity contribution is 0.0774. The van der Waals surface area contributed by atoms with Gasteiger partial charge in [0.15, 0.2) is 17.3 Å². The van der Waals surface area contributed by atoms with Crippen LogP contribution >= 0.6 is 0 Å². The summed E-state index contributed by atoms with van der Waals surface area (Å²) < 4.78 is 37.8. The minimum Gasteiger partial charge on any atom is -0.497 e. The monoisotopic (exact) mass is 520 g/mol. The number of carbonyl (C=O) groups is 1. The Labute approximate surface area is 222 Å². The molecule has 2 heterocycles. The first-order valence-electron chi connectivity index (χ1n) is 12.8. The number of methoxy groups -OCH3 is 2. The van der Waals surface area contributed by atoms with Crippen LogP contribution in [0.4, 0.5) is 4.39 Å². The van der Waals surface area contributed by atoms with E-state index in [1.54, 1.807) is 20.3 Å². The number of hydrogen-bond donors (Lipinski definition) is 0. The summed E-state index contributed by atoms with van der Waals surface area (Å²) in [6, 6.07) is 17.6. The van der Waals surface area contributed by atoms with E-state index in [-0.39, 0.29) is 36.2 Å². The predicted octanol–water partition coefficient (Wildman–Crippen LogP) is 4.63. The number of nitrogens with zero attached hydrogens (tertiary/aromatic N) is 2. The van der Waals surface area contributed by atoms with Gasteiger partial charge in [0.25, 0.3) is 5.91 Å². The lowest BCUT2D eigenvalue weighted by Gasteiger charge is -2.21. The number of halogens is 1. The van der Waals surface area contributed by atoms with Crippen molar-refractivity contribution < 1.29 is 28.1 Å². The van der Waals surface area contributed by atoms with Crippen molar-refractivity contribution in [3.05, 3.63) is 83.2 Å². The normalized spacial score (nSPS) is 18.8. The van der Waals surface area contributed by atoms with Crippen LogP contribution in [0, 0.1) is 17.7 Å². The van der Waals surface area contributed by atoms with Gasteiger partial charge in [0.05, 0.1) is 14.2 Å². The van der Waals surface area contributed by atoms with E-state index in [1.165, 1.54) is 6.07 Å². The molecule has 1 amide bonds. The molecule has 2 fully saturated rings. The van der Waals surface area contributed by atoms with Gasteiger partial charge in [-0.3, -0.25) is 4.79 Å². The second-order valence-electron chi connectivity index (χ2n) is 10.0. The summed E-state index contributed by atoms with van der Waals surface area (Å²) in [5, 5.41) is 0. The molecule has 0 bridgehead atoms. The molecule has 2 aliphatic rings. The van der Waals surface area contributed by atoms with Gasteiger partial charge in [-0.1, -0.05) is 24.3 Å². The third kappa shape index (κ3) is 5.70. The van der Waals surface area contributed by atoms with E-state index in [0.717, 1.165) is 35.7 Å². The van der Waals surface area contributed by atoms with Crippen molar-refractivity contribution in [3.8, 4) is 23.0 Å². The molecule has 200 valence electrons. The Bertz CT molecular complexity index is 1250. The van der Waals surface area contributed by atoms with Crippen molar-refractivity contribution in [1.29, 1.82) is 0 Å². The van der Waals surface area contributed by atoms with Crippen molar-refractivity contribution in [3.63, 3.8) is 0 Å². The molecule has 0 unspecified atom stereocenters. The summed E-state index contributed by atoms with van der Waals surface area (Å²) in [7, 11) is 5.31. The molecule has 2 saturated heterocycles. The lowest BCUT2D eigenvalue weighted by Crippen LogP contribution is -2.32. The smallest absolute Gasteiger partial charge is 0.254 e. The zero-order chi connectivity index (χ0) is 26.6. The Morgan fingerprint density at radius 1 is 0.816 bits per heavy atom. The van der Waals surface area contributed by atoms with Gasteiger partial charge in [0.2, 0.25) is 0 Å². The minimum absolute atomic E-state index is 0.0224. The molecule has 3 aromatic rings. The number of benzene rings is 3. The zero-order valence-corrected chi connectivity index (χ0v) is 22.0. The minimum atomic E-state index is -0.631. The highest BCUT2D eigenvalue weighted by atomic mass is 19.1. The topological polar surface area (TPSA) is 60.5 Å². The Kier molecular flexibility index (Phi) is 7.69. The van der Waals surface area contributed by atoms with Crippen LogP contribution in [0.2, 0.25) is 0 Å². The molecule has 5 rings (SSSR count). The highest BCUT2D eigenvalue weighted by Gasteiger charge is 2.40. The SMILES string of the molecule is COc1ccc(COc2cc(C(=O)N3C[C@H]4CN(C)C[C@H]4C3)cc(F)c2OCc2ccc(OC)cc2)cc1. The number of carbonyl (C=O) groups excluding carboxylic acids is 1. The number of ether oxygens (including phenoxy) is 4. The molecular formula is C30H33FN2O5. The summed E-state index contributed by atoms with van der Waals surface area (Å²) in [5.74, 6) is 1.74. The Morgan fingerprint density at radius 2 is 1.34 bits per heavy atom. The first kappa shape index (κ1) is 25.9. The number of likely N-dealkylation sites (tertiary alicyclic amines) is 2. The Morgan fingerprint density at radius 3 is 1.87 bits per heavy atom. The maximum absolute atomic E-state index is 15.5. The van der Waals surface area contributed by atoms with Gasteiger partial charge in [-0.2, -0.15) is 0 Å². The second kappa shape index (κ2) is 11.3. The van der Waals surface area contributed by atoms with Crippen molar-refractivity contribution in [1.82, 2.24) is 9.80 Å². The number of rotatable bonds is 9. The van der Waals surface area contributed by atoms with E-state index in [9.17, 15) is 4.79 Å². The van der Waals surface area contributed by atoms with Crippen molar-refractivity contribution in [2.45, 2.75) is 13.2 Å². The molecule has 38 heavy (non-hydrogen) atoms. The van der Waals surface area contributed by atoms with Crippen LogP contribution in [0.1, 0.15) is 21.5 Å². The number of fused-ring (bicyclic) bond motifs is 1. The average molecular weight is 521 g/mol. The molecule has 0 aromatic heterocycles. The standard InChI is InChI=1S/C30H33FN2O5/c1-32-14-23-16-33(17-24(23)15-32)30(34)22-12-27(31)29(38-19-21-6-10-26(36-3)11-7-21)28(13-22)37-18-20-4-8-25(35-2)9-5-20/h4-13,23-24H,14-19H2,1-3H3/t23-,24+. The van der Waals surface area contributed by atoms with Gasteiger partial charge >= 0.3 is 0 Å². The molecule has 7 nitrogen and oxygen atoms in total. The largest absolute Gasteiger partial charge is 0.497 e. The molecule has 0 radical (unpaired) electrons. The van der Waals surface area contributed by atoms with Crippen LogP contribution in [0.5, 0.6) is 23.0 Å². The fourth-order valence-corrected chi connectivity index (χ4v) is 5.28. The van der Waals surface area contributed by atoms with E-state index in [4.69, 9.17) is 18.9 Å². The molecule has 0 saturated carbocycles. The molecule has 0 aliphatic carbocycles. The highest BCUT2D eigenvalue weighted by molar-refractivity contribution is 5.95. The Balaban J connectivity index is 1.36. The quantitative estimate of drug-likeness (QED) is 0.410. The zero-order valence-electron chi connectivity index (χ0n) is 22.0. The van der Waals surface area contributed by atoms with Gasteiger partial charge in [-0.25, -0.2) is 4.39 Å². The van der Waals surface area contributed by atoms with Gasteiger partial charge in [-0.15, -0.1) is 0 Å². The maximum atomic E-state index is 15.5. The average Bonchev–Trinajstić information content (AvgIpc) is 3.49. The summed E-state index contributed by atoms with van der Waals surface area (Å²) in [6.45, 7) is 3.66. The van der Waals surface area contributed by atoms with E-state index < -0.39 is 5.82 Å². The van der Waals surface area contributed by atoms with E-state index in [1.807, 2.05) is 53.4 Å². The molecule has 2 aliphatic heterocycles. The fraction of sp³-hybridized carbons (Fsp3) is 0.367. The van der Waals surface area contributed by atoms with Gasteiger partial charge in [0.1, 0.15) is 24.7 Å². The summed E-state index contributed by atoms with van der Waals surface area (Å²) >= 11 is 0. The molecule has 3 aromatic carbocycles. The Hall–Kier alpha value is -3.78. The summed E-state index contributed by atoms with van der Waals surface area (Å²) in [6.07, 6.45) is 0. The first-order valence-corrected chi connectivity index (χ1v) is 12.8. The summed E-state index contributed by atoms with van der Waals surface area (Å²) in [4.78, 5) is 17.5. The van der Waals surface area contributed by atoms with Crippen LogP contribution < -0.4 is 18.9 Å². The van der Waals surface area contributed by atoms with Gasteiger partial charge in [0, 0.05) is 31.7 Å². The van der Waals surface area contributed by atoms with Crippen LogP contribution in [0.25, 0.3) is 0 Å². The highest BCUT2D eigenvalue weighted by Crippen LogP contribution is 2.36. The van der Waals surface area contributed by atoms with E-state index in [0.29, 0.717) is 24.9 Å².